The number of phenolic OH excluding ortho intramolecular Hbond substituents is 1. The van der Waals surface area contributed by atoms with E-state index < -0.39 is 29.5 Å². The number of aromatic hydroxyl groups is 1. The van der Waals surface area contributed by atoms with Crippen LogP contribution in [0.2, 0.25) is 0 Å². The van der Waals surface area contributed by atoms with Crippen LogP contribution in [0.25, 0.3) is 5.76 Å². The number of nitrogens with zero attached hydrogens (tertiary/aromatic N) is 2. The van der Waals surface area contributed by atoms with Gasteiger partial charge in [0.2, 0.25) is 0 Å². The smallest absolute Gasteiger partial charge is 0.350 e. The van der Waals surface area contributed by atoms with Crippen LogP contribution in [0.5, 0.6) is 17.2 Å². The number of carbonyl (C=O) groups is 3. The van der Waals surface area contributed by atoms with Crippen LogP contribution < -0.4 is 14.4 Å². The number of rotatable bonds is 10. The molecular weight excluding hydrogens is 536 g/mol. The second kappa shape index (κ2) is 12.2. The maximum absolute atomic E-state index is 13.5. The number of aliphatic hydroxyl groups excluding tert-OH is 1. The zero-order valence-electron chi connectivity index (χ0n) is 22.6. The van der Waals surface area contributed by atoms with E-state index in [0.717, 1.165) is 22.7 Å². The molecule has 0 saturated carbocycles. The summed E-state index contributed by atoms with van der Waals surface area (Å²) >= 11 is 0.910. The van der Waals surface area contributed by atoms with Crippen molar-refractivity contribution in [2.45, 2.75) is 40.2 Å². The van der Waals surface area contributed by atoms with E-state index in [2.05, 4.69) is 4.98 Å². The van der Waals surface area contributed by atoms with E-state index in [1.165, 1.54) is 18.2 Å². The molecule has 0 spiro atoms. The highest BCUT2D eigenvalue weighted by molar-refractivity contribution is 7.17. The zero-order valence-corrected chi connectivity index (χ0v) is 23.4. The maximum Gasteiger partial charge on any atom is 0.350 e. The Hall–Kier alpha value is -4.38. The normalized spacial score (nSPS) is 16.3. The van der Waals surface area contributed by atoms with E-state index in [-0.39, 0.29) is 45.9 Å². The summed E-state index contributed by atoms with van der Waals surface area (Å²) in [5.41, 5.74) is 0.811. The van der Waals surface area contributed by atoms with Gasteiger partial charge in [-0.1, -0.05) is 36.5 Å². The van der Waals surface area contributed by atoms with Gasteiger partial charge in [-0.25, -0.2) is 9.78 Å². The topological polar surface area (TPSA) is 135 Å². The molecule has 1 aromatic heterocycles. The highest BCUT2D eigenvalue weighted by Crippen LogP contribution is 2.45. The molecule has 1 aliphatic heterocycles. The first-order valence-electron chi connectivity index (χ1n) is 12.9. The summed E-state index contributed by atoms with van der Waals surface area (Å²) in [4.78, 5) is 45.3. The fourth-order valence-corrected chi connectivity index (χ4v) is 5.28. The molecule has 1 unspecified atom stereocenters. The Bertz CT molecular complexity index is 1480. The lowest BCUT2D eigenvalue weighted by atomic mass is 9.95. The molecule has 1 amide bonds. The van der Waals surface area contributed by atoms with Crippen LogP contribution in [-0.2, 0) is 14.3 Å². The minimum absolute atomic E-state index is 0.0813. The van der Waals surface area contributed by atoms with Crippen molar-refractivity contribution in [3.8, 4) is 17.2 Å². The van der Waals surface area contributed by atoms with Gasteiger partial charge in [0.05, 0.1) is 37.1 Å². The number of esters is 1. The molecule has 2 heterocycles. The Morgan fingerprint density at radius 1 is 1.07 bits per heavy atom. The predicted molar refractivity (Wildman–Crippen MR) is 149 cm³/mol. The number of carbonyl (C=O) groups excluding carboxylic acids is 3. The number of anilines is 1. The Kier molecular flexibility index (Phi) is 8.73. The first-order chi connectivity index (χ1) is 19.2. The Morgan fingerprint density at radius 3 is 2.55 bits per heavy atom. The average molecular weight is 567 g/mol. The number of benzene rings is 2. The number of hydrogen-bond acceptors (Lipinski definition) is 10. The number of aliphatic hydroxyl groups is 1. The molecule has 11 heteroatoms. The number of amides is 1. The summed E-state index contributed by atoms with van der Waals surface area (Å²) in [5, 5.41) is 21.8. The van der Waals surface area contributed by atoms with Crippen LogP contribution in [0, 0.1) is 6.92 Å². The van der Waals surface area contributed by atoms with E-state index in [9.17, 15) is 24.6 Å². The highest BCUT2D eigenvalue weighted by atomic mass is 32.1. The summed E-state index contributed by atoms with van der Waals surface area (Å²) in [6.07, 6.45) is 0.783. The third-order valence-corrected chi connectivity index (χ3v) is 7.21. The summed E-state index contributed by atoms with van der Waals surface area (Å²) < 4.78 is 16.3. The van der Waals surface area contributed by atoms with Crippen molar-refractivity contribution in [3.63, 3.8) is 0 Å². The molecule has 1 atom stereocenters. The number of Topliss-reactive ketones (excluding diaryl/α,β-unsaturated/α-hetero) is 1. The van der Waals surface area contributed by atoms with Gasteiger partial charge in [0.1, 0.15) is 16.4 Å². The van der Waals surface area contributed by atoms with Crippen molar-refractivity contribution in [2.24, 2.45) is 0 Å². The van der Waals surface area contributed by atoms with Crippen molar-refractivity contribution >= 4 is 39.9 Å². The van der Waals surface area contributed by atoms with Crippen LogP contribution in [0.4, 0.5) is 5.13 Å². The van der Waals surface area contributed by atoms with E-state index >= 15 is 0 Å². The standard InChI is InChI=1S/C29H30N2O8S/c1-5-13-39-19-10-8-9-18(14-19)24(33)22-23(17-11-12-20(32)21(15-17)37-6-2)31(27(35)25(22)34)29-30-16(4)26(40-29)28(36)38-7-3/h8-12,14-15,23,32-33H,5-7,13H2,1-4H3/b24-22+. The number of aromatic nitrogens is 1. The van der Waals surface area contributed by atoms with E-state index in [1.807, 2.05) is 6.92 Å². The summed E-state index contributed by atoms with van der Waals surface area (Å²) in [5.74, 6) is -2.35. The van der Waals surface area contributed by atoms with E-state index in [1.54, 1.807) is 45.0 Å². The minimum Gasteiger partial charge on any atom is -0.507 e. The van der Waals surface area contributed by atoms with Gasteiger partial charge in [0.15, 0.2) is 16.6 Å². The molecule has 2 aromatic carbocycles. The molecule has 10 nitrogen and oxygen atoms in total. The third-order valence-electron chi connectivity index (χ3n) is 6.08. The second-order valence-corrected chi connectivity index (χ2v) is 9.81. The molecule has 3 aromatic rings. The Labute approximate surface area is 235 Å². The molecule has 2 N–H and O–H groups in total. The van der Waals surface area contributed by atoms with Gasteiger partial charge in [-0.05, 0) is 57.0 Å². The fraction of sp³-hybridized carbons (Fsp3) is 0.310. The largest absolute Gasteiger partial charge is 0.507 e. The molecule has 1 saturated heterocycles. The van der Waals surface area contributed by atoms with Crippen molar-refractivity contribution in [1.82, 2.24) is 4.98 Å². The first-order valence-corrected chi connectivity index (χ1v) is 13.7. The number of ketones is 1. The van der Waals surface area contributed by atoms with Crippen LogP contribution in [0.1, 0.15) is 59.7 Å². The second-order valence-electron chi connectivity index (χ2n) is 8.84. The van der Waals surface area contributed by atoms with Gasteiger partial charge in [0, 0.05) is 5.56 Å². The number of aryl methyl sites for hydroxylation is 1. The van der Waals surface area contributed by atoms with Gasteiger partial charge in [0.25, 0.3) is 5.78 Å². The lowest BCUT2D eigenvalue weighted by Crippen LogP contribution is -2.29. The first kappa shape index (κ1) is 28.6. The molecule has 210 valence electrons. The molecule has 0 radical (unpaired) electrons. The van der Waals surface area contributed by atoms with Gasteiger partial charge in [-0.3, -0.25) is 14.5 Å². The Morgan fingerprint density at radius 2 is 1.85 bits per heavy atom. The van der Waals surface area contributed by atoms with Crippen molar-refractivity contribution in [2.75, 3.05) is 24.7 Å². The van der Waals surface area contributed by atoms with Crippen molar-refractivity contribution < 1.29 is 38.8 Å². The quantitative estimate of drug-likeness (QED) is 0.148. The van der Waals surface area contributed by atoms with Crippen molar-refractivity contribution in [1.29, 1.82) is 0 Å². The molecule has 1 fully saturated rings. The maximum atomic E-state index is 13.5. The summed E-state index contributed by atoms with van der Waals surface area (Å²) in [6, 6.07) is 9.88. The third kappa shape index (κ3) is 5.50. The number of ether oxygens (including phenoxy) is 3. The Balaban J connectivity index is 1.91. The average Bonchev–Trinajstić information content (AvgIpc) is 3.45. The van der Waals surface area contributed by atoms with Crippen LogP contribution in [-0.4, -0.2) is 52.7 Å². The number of hydrogen-bond donors (Lipinski definition) is 2. The lowest BCUT2D eigenvalue weighted by Gasteiger charge is -2.23. The van der Waals surface area contributed by atoms with E-state index in [0.29, 0.717) is 23.6 Å². The molecule has 1 aliphatic rings. The highest BCUT2D eigenvalue weighted by Gasteiger charge is 2.48. The zero-order chi connectivity index (χ0) is 29.0. The number of thiazole rings is 1. The number of phenols is 1. The van der Waals surface area contributed by atoms with Crippen LogP contribution in [0.15, 0.2) is 48.0 Å². The van der Waals surface area contributed by atoms with E-state index in [4.69, 9.17) is 14.2 Å². The fourth-order valence-electron chi connectivity index (χ4n) is 4.30. The van der Waals surface area contributed by atoms with Crippen LogP contribution >= 0.6 is 11.3 Å². The molecule has 0 bridgehead atoms. The van der Waals surface area contributed by atoms with Crippen LogP contribution in [0.3, 0.4) is 0 Å². The molecule has 0 aliphatic carbocycles. The van der Waals surface area contributed by atoms with Gasteiger partial charge >= 0.3 is 11.9 Å². The molecule has 40 heavy (non-hydrogen) atoms. The molecular formula is C29H30N2O8S. The summed E-state index contributed by atoms with van der Waals surface area (Å²) in [7, 11) is 0. The SMILES string of the molecule is CCCOc1cccc(/C(O)=C2\C(=O)C(=O)N(c3nc(C)c(C(=O)OCC)s3)C2c2ccc(O)c(OCC)c2)c1. The van der Waals surface area contributed by atoms with Gasteiger partial charge in [-0.2, -0.15) is 0 Å². The van der Waals surface area contributed by atoms with Gasteiger partial charge < -0.3 is 24.4 Å². The van der Waals surface area contributed by atoms with Crippen molar-refractivity contribution in [3.05, 3.63) is 69.7 Å². The summed E-state index contributed by atoms with van der Waals surface area (Å²) in [6.45, 7) is 7.88. The van der Waals surface area contributed by atoms with Gasteiger partial charge in [-0.15, -0.1) is 0 Å². The lowest BCUT2D eigenvalue weighted by molar-refractivity contribution is -0.132. The molecule has 4 rings (SSSR count). The monoisotopic (exact) mass is 566 g/mol. The minimum atomic E-state index is -1.14. The predicted octanol–water partition coefficient (Wildman–Crippen LogP) is 5.15.